The number of morpholine rings is 1. The van der Waals surface area contributed by atoms with Crippen LogP contribution in [0.15, 0.2) is 26.9 Å². The van der Waals surface area contributed by atoms with Crippen molar-refractivity contribution in [3.63, 3.8) is 0 Å². The first-order valence-electron chi connectivity index (χ1n) is 6.24. The minimum atomic E-state index is 0.0431. The molecule has 0 aliphatic carbocycles. The number of amidine groups is 1. The molecule has 8 heteroatoms. The van der Waals surface area contributed by atoms with Crippen LogP contribution in [0, 0.1) is 5.41 Å². The lowest BCUT2D eigenvalue weighted by Crippen LogP contribution is -2.82. The largest absolute Gasteiger partial charge is 0.379 e. The molecule has 0 atom stereocenters. The Kier molecular flexibility index (Phi) is 5.18. The Morgan fingerprint density at radius 2 is 2.30 bits per heavy atom. The molecule has 0 saturated carbocycles. The van der Waals surface area contributed by atoms with E-state index in [-0.39, 0.29) is 11.6 Å². The number of rotatable bonds is 5. The van der Waals surface area contributed by atoms with Gasteiger partial charge in [-0.1, -0.05) is 0 Å². The summed E-state index contributed by atoms with van der Waals surface area (Å²) in [7, 11) is 0. The summed E-state index contributed by atoms with van der Waals surface area (Å²) >= 11 is 3.36. The maximum absolute atomic E-state index is 12.2. The lowest BCUT2D eigenvalue weighted by atomic mass is 10.2. The highest BCUT2D eigenvalue weighted by atomic mass is 79.9. The Morgan fingerprint density at radius 3 is 2.95 bits per heavy atom. The Bertz CT molecular complexity index is 506. The monoisotopic (exact) mass is 342 g/mol. The van der Waals surface area contributed by atoms with Crippen LogP contribution in [0.5, 0.6) is 0 Å². The number of allylic oxidation sites excluding steroid dienone is 2. The smallest absolute Gasteiger partial charge is 0.230 e. The first kappa shape index (κ1) is 15.0. The zero-order chi connectivity index (χ0) is 14.5. The Hall–Kier alpha value is -1.35. The van der Waals surface area contributed by atoms with Crippen molar-refractivity contribution < 1.29 is 14.8 Å². The molecule has 0 spiro atoms. The highest BCUT2D eigenvalue weighted by molar-refractivity contribution is 9.11. The molecule has 0 radical (unpaired) electrons. The number of Topliss-reactive ketones (excluding diaryl/α,β-unsaturated/α-hetero) is 1. The van der Waals surface area contributed by atoms with Crippen LogP contribution < -0.4 is 11.1 Å². The lowest BCUT2D eigenvalue weighted by Gasteiger charge is -2.25. The van der Waals surface area contributed by atoms with Crippen LogP contribution in [0.3, 0.4) is 0 Å². The number of carbonyl (C=O) groups excluding carboxylic acids is 1. The van der Waals surface area contributed by atoms with Gasteiger partial charge >= 0.3 is 0 Å². The molecule has 0 amide bonds. The number of halogens is 1. The third kappa shape index (κ3) is 3.60. The van der Waals surface area contributed by atoms with E-state index < -0.39 is 0 Å². The van der Waals surface area contributed by atoms with Crippen molar-refractivity contribution in [2.24, 2.45) is 10.7 Å². The van der Waals surface area contributed by atoms with Crippen LogP contribution in [-0.4, -0.2) is 55.7 Å². The first-order chi connectivity index (χ1) is 9.61. The van der Waals surface area contributed by atoms with Crippen molar-refractivity contribution in [3.05, 3.63) is 22.0 Å². The summed E-state index contributed by atoms with van der Waals surface area (Å²) in [6.07, 6.45) is 2.62. The number of ketones is 1. The van der Waals surface area contributed by atoms with Crippen molar-refractivity contribution in [1.29, 1.82) is 5.41 Å². The average molecular weight is 343 g/mol. The molecular formula is C12H17BrN5O2+. The van der Waals surface area contributed by atoms with Gasteiger partial charge < -0.3 is 10.5 Å². The van der Waals surface area contributed by atoms with Gasteiger partial charge in [-0.2, -0.15) is 0 Å². The third-order valence-corrected chi connectivity index (χ3v) is 3.77. The number of quaternary nitrogens is 1. The zero-order valence-corrected chi connectivity index (χ0v) is 12.5. The van der Waals surface area contributed by atoms with Crippen molar-refractivity contribution in [1.82, 2.24) is 4.90 Å². The van der Waals surface area contributed by atoms with Gasteiger partial charge in [0.25, 0.3) is 0 Å². The van der Waals surface area contributed by atoms with E-state index >= 15 is 0 Å². The van der Waals surface area contributed by atoms with E-state index in [0.29, 0.717) is 35.6 Å². The van der Waals surface area contributed by atoms with Gasteiger partial charge in [-0.3, -0.25) is 20.4 Å². The first-order valence-corrected chi connectivity index (χ1v) is 7.03. The molecule has 1 fully saturated rings. The molecular weight excluding hydrogens is 326 g/mol. The molecule has 0 aromatic heterocycles. The lowest BCUT2D eigenvalue weighted by molar-refractivity contribution is -0.536. The predicted octanol–water partition coefficient (Wildman–Crippen LogP) is -1.08. The highest BCUT2D eigenvalue weighted by Crippen LogP contribution is 2.16. The summed E-state index contributed by atoms with van der Waals surface area (Å²) in [6, 6.07) is 0. The number of nitrogens with two attached hydrogens (primary N) is 2. The average Bonchev–Trinajstić information content (AvgIpc) is 2.82. The molecule has 2 aliphatic rings. The number of nitrogens with one attached hydrogen (secondary N) is 1. The molecule has 0 aromatic carbocycles. The van der Waals surface area contributed by atoms with Crippen molar-refractivity contribution in [3.8, 4) is 0 Å². The maximum Gasteiger partial charge on any atom is 0.230 e. The van der Waals surface area contributed by atoms with Gasteiger partial charge in [-0.15, -0.1) is 0 Å². The topological polar surface area (TPSA) is 108 Å². The molecule has 20 heavy (non-hydrogen) atoms. The van der Waals surface area contributed by atoms with Gasteiger partial charge in [-0.05, 0) is 15.9 Å². The number of hydrogen-bond donors (Lipinski definition) is 3. The standard InChI is InChI=1S/C12H16BrN5O2/c13-8-5-9(17-11(8)12(15)16-7-14)10(19)6-18-1-3-20-4-2-18/h5,7,17H,1-4,6H2,(H3,14,15,16)/p+1. The third-order valence-electron chi connectivity index (χ3n) is 3.11. The van der Waals surface area contributed by atoms with E-state index in [1.54, 1.807) is 11.4 Å². The summed E-state index contributed by atoms with van der Waals surface area (Å²) in [5.74, 6) is 0.263. The van der Waals surface area contributed by atoms with Crippen LogP contribution in [0.1, 0.15) is 0 Å². The number of carbonyl (C=O) groups is 1. The van der Waals surface area contributed by atoms with Gasteiger partial charge in [0.15, 0.2) is 17.2 Å². The quantitative estimate of drug-likeness (QED) is 0.436. The molecule has 108 valence electrons. The van der Waals surface area contributed by atoms with Crippen LogP contribution in [-0.2, 0) is 9.53 Å². The van der Waals surface area contributed by atoms with Gasteiger partial charge in [0.2, 0.25) is 5.78 Å². The number of ether oxygens (including phenoxy) is 1. The van der Waals surface area contributed by atoms with Crippen molar-refractivity contribution in [2.75, 3.05) is 32.8 Å². The van der Waals surface area contributed by atoms with E-state index in [1.807, 2.05) is 0 Å². The summed E-state index contributed by atoms with van der Waals surface area (Å²) in [6.45, 7) is 3.26. The van der Waals surface area contributed by atoms with Crippen molar-refractivity contribution in [2.45, 2.75) is 0 Å². The van der Waals surface area contributed by atoms with Gasteiger partial charge in [0, 0.05) is 19.2 Å². The van der Waals surface area contributed by atoms with E-state index in [4.69, 9.17) is 15.9 Å². The minimum Gasteiger partial charge on any atom is -0.379 e. The number of hydrogen-bond acceptors (Lipinski definition) is 4. The van der Waals surface area contributed by atoms with Crippen LogP contribution in [0.25, 0.3) is 0 Å². The number of nitrogens with zero attached hydrogens (tertiary/aromatic N) is 2. The summed E-state index contributed by atoms with van der Waals surface area (Å²) in [5.41, 5.74) is 6.97. The molecule has 2 rings (SSSR count). The molecule has 2 heterocycles. The van der Waals surface area contributed by atoms with Crippen molar-refractivity contribution >= 4 is 33.9 Å². The SMILES string of the molecule is N=CN=C(N)C1=C(Br)C=C(C(=O)CN2CCOCC2)[NH2+]1. The second-order valence-electron chi connectivity index (χ2n) is 4.46. The van der Waals surface area contributed by atoms with E-state index in [2.05, 4.69) is 25.8 Å². The molecule has 5 N–H and O–H groups in total. The highest BCUT2D eigenvalue weighted by Gasteiger charge is 2.28. The van der Waals surface area contributed by atoms with Gasteiger partial charge in [-0.25, -0.2) is 4.99 Å². The normalized spacial score (nSPS) is 21.1. The molecule has 0 aromatic rings. The second kappa shape index (κ2) is 6.89. The van der Waals surface area contributed by atoms with Crippen LogP contribution in [0.2, 0.25) is 0 Å². The molecule has 0 unspecified atom stereocenters. The van der Waals surface area contributed by atoms with E-state index in [0.717, 1.165) is 19.4 Å². The fourth-order valence-corrected chi connectivity index (χ4v) is 2.59. The van der Waals surface area contributed by atoms with Crippen LogP contribution >= 0.6 is 15.9 Å². The molecule has 7 nitrogen and oxygen atoms in total. The summed E-state index contributed by atoms with van der Waals surface area (Å²) < 4.78 is 5.97. The minimum absolute atomic E-state index is 0.0431. The Labute approximate surface area is 125 Å². The van der Waals surface area contributed by atoms with E-state index in [9.17, 15) is 4.79 Å². The molecule has 0 bridgehead atoms. The fourth-order valence-electron chi connectivity index (χ4n) is 2.03. The zero-order valence-electron chi connectivity index (χ0n) is 10.9. The maximum atomic E-state index is 12.2. The molecule has 1 saturated heterocycles. The Morgan fingerprint density at radius 1 is 1.60 bits per heavy atom. The fraction of sp³-hybridized carbons (Fsp3) is 0.417. The predicted molar refractivity (Wildman–Crippen MR) is 78.6 cm³/mol. The van der Waals surface area contributed by atoms with Gasteiger partial charge in [0.1, 0.15) is 6.34 Å². The van der Waals surface area contributed by atoms with E-state index in [1.165, 1.54) is 0 Å². The van der Waals surface area contributed by atoms with Crippen LogP contribution in [0.4, 0.5) is 0 Å². The number of aliphatic imine (C=N–C) groups is 1. The second-order valence-corrected chi connectivity index (χ2v) is 5.32. The Balaban J connectivity index is 1.95. The summed E-state index contributed by atoms with van der Waals surface area (Å²) in [4.78, 5) is 18.0. The van der Waals surface area contributed by atoms with Gasteiger partial charge in [0.05, 0.1) is 24.2 Å². The molecule has 2 aliphatic heterocycles. The summed E-state index contributed by atoms with van der Waals surface area (Å²) in [5, 5.41) is 8.62.